The molecule has 0 saturated heterocycles. The van der Waals surface area contributed by atoms with Crippen molar-refractivity contribution in [2.24, 2.45) is 0 Å². The molecule has 0 spiro atoms. The van der Waals surface area contributed by atoms with Crippen LogP contribution in [0.15, 0.2) is 30.5 Å². The minimum atomic E-state index is 0.675. The van der Waals surface area contributed by atoms with Crippen LogP contribution in [0.25, 0.3) is 5.69 Å². The van der Waals surface area contributed by atoms with Gasteiger partial charge in [-0.15, -0.1) is 0 Å². The van der Waals surface area contributed by atoms with E-state index < -0.39 is 0 Å². The molecule has 1 aromatic heterocycles. The summed E-state index contributed by atoms with van der Waals surface area (Å²) in [5.41, 5.74) is 6.50. The Labute approximate surface area is 109 Å². The highest BCUT2D eigenvalue weighted by molar-refractivity contribution is 5.49. The number of aromatic nitrogens is 1. The predicted molar refractivity (Wildman–Crippen MR) is 75.3 cm³/mol. The first-order valence-corrected chi connectivity index (χ1v) is 6.43. The Morgan fingerprint density at radius 3 is 2.61 bits per heavy atom. The lowest BCUT2D eigenvalue weighted by Gasteiger charge is -2.16. The lowest BCUT2D eigenvalue weighted by atomic mass is 10.0. The minimum Gasteiger partial charge on any atom is -0.380 e. The van der Waals surface area contributed by atoms with Crippen molar-refractivity contribution in [2.75, 3.05) is 7.11 Å². The molecule has 0 aliphatic heterocycles. The fraction of sp³-hybridized carbons (Fsp3) is 0.375. The van der Waals surface area contributed by atoms with Crippen LogP contribution in [0, 0.1) is 13.8 Å². The molecule has 2 nitrogen and oxygen atoms in total. The van der Waals surface area contributed by atoms with E-state index in [0.29, 0.717) is 6.61 Å². The van der Waals surface area contributed by atoms with Gasteiger partial charge in [-0.25, -0.2) is 0 Å². The highest BCUT2D eigenvalue weighted by atomic mass is 16.5. The second-order valence-electron chi connectivity index (χ2n) is 4.66. The summed E-state index contributed by atoms with van der Waals surface area (Å²) in [7, 11) is 1.75. The third-order valence-corrected chi connectivity index (χ3v) is 3.55. The van der Waals surface area contributed by atoms with E-state index in [0.717, 1.165) is 6.42 Å². The van der Waals surface area contributed by atoms with Gasteiger partial charge < -0.3 is 9.30 Å². The van der Waals surface area contributed by atoms with Crippen LogP contribution in [0.5, 0.6) is 0 Å². The van der Waals surface area contributed by atoms with Crippen LogP contribution in [0.3, 0.4) is 0 Å². The fourth-order valence-electron chi connectivity index (χ4n) is 2.45. The molecule has 0 saturated carbocycles. The zero-order chi connectivity index (χ0) is 13.1. The van der Waals surface area contributed by atoms with E-state index in [1.165, 1.54) is 28.1 Å². The lowest BCUT2D eigenvalue weighted by Crippen LogP contribution is -2.04. The molecule has 0 aliphatic rings. The van der Waals surface area contributed by atoms with Crippen molar-refractivity contribution < 1.29 is 4.74 Å². The molecule has 2 rings (SSSR count). The maximum Gasteiger partial charge on any atom is 0.0718 e. The van der Waals surface area contributed by atoms with Gasteiger partial charge in [0.2, 0.25) is 0 Å². The Balaban J connectivity index is 2.55. The van der Waals surface area contributed by atoms with Gasteiger partial charge >= 0.3 is 0 Å². The number of ether oxygens (including phenoxy) is 1. The molecular weight excluding hydrogens is 222 g/mol. The highest BCUT2D eigenvalue weighted by Gasteiger charge is 2.10. The summed E-state index contributed by atoms with van der Waals surface area (Å²) in [5, 5.41) is 0. The van der Waals surface area contributed by atoms with Crippen LogP contribution in [-0.2, 0) is 17.8 Å². The van der Waals surface area contributed by atoms with Crippen LogP contribution in [0.1, 0.15) is 29.3 Å². The molecule has 0 unspecified atom stereocenters. The van der Waals surface area contributed by atoms with Crippen molar-refractivity contribution in [2.45, 2.75) is 33.8 Å². The van der Waals surface area contributed by atoms with E-state index in [2.05, 4.69) is 55.8 Å². The molecule has 0 radical (unpaired) electrons. The number of nitrogens with zero attached hydrogens (tertiary/aromatic N) is 1. The van der Waals surface area contributed by atoms with Gasteiger partial charge in [0, 0.05) is 24.7 Å². The number of aryl methyl sites for hydroxylation is 2. The average Bonchev–Trinajstić information content (AvgIpc) is 2.82. The standard InChI is InChI=1S/C16H21NO/c1-5-14-7-6-10-17(14)16-9-8-12(2)15(11-18-4)13(16)3/h6-10H,5,11H2,1-4H3. The summed E-state index contributed by atoms with van der Waals surface area (Å²) < 4.78 is 7.58. The highest BCUT2D eigenvalue weighted by Crippen LogP contribution is 2.24. The summed E-state index contributed by atoms with van der Waals surface area (Å²) in [6.07, 6.45) is 3.17. The van der Waals surface area contributed by atoms with Gasteiger partial charge in [0.15, 0.2) is 0 Å². The van der Waals surface area contributed by atoms with Gasteiger partial charge in [-0.2, -0.15) is 0 Å². The van der Waals surface area contributed by atoms with E-state index in [4.69, 9.17) is 4.74 Å². The van der Waals surface area contributed by atoms with Gasteiger partial charge in [-0.05, 0) is 55.2 Å². The third kappa shape index (κ3) is 2.21. The van der Waals surface area contributed by atoms with E-state index in [1.807, 2.05) is 0 Å². The lowest BCUT2D eigenvalue weighted by molar-refractivity contribution is 0.184. The van der Waals surface area contributed by atoms with Gasteiger partial charge in [-0.3, -0.25) is 0 Å². The zero-order valence-corrected chi connectivity index (χ0v) is 11.7. The first-order valence-electron chi connectivity index (χ1n) is 6.43. The molecule has 0 atom stereocenters. The molecule has 18 heavy (non-hydrogen) atoms. The van der Waals surface area contributed by atoms with Gasteiger partial charge in [-0.1, -0.05) is 13.0 Å². The first kappa shape index (κ1) is 12.9. The SMILES string of the molecule is CCc1cccn1-c1ccc(C)c(COC)c1C. The average molecular weight is 243 g/mol. The summed E-state index contributed by atoms with van der Waals surface area (Å²) in [5.74, 6) is 0. The third-order valence-electron chi connectivity index (χ3n) is 3.55. The van der Waals surface area contributed by atoms with Crippen molar-refractivity contribution in [1.82, 2.24) is 4.57 Å². The molecule has 0 fully saturated rings. The van der Waals surface area contributed by atoms with Crippen LogP contribution in [0.4, 0.5) is 0 Å². The fourth-order valence-corrected chi connectivity index (χ4v) is 2.45. The van der Waals surface area contributed by atoms with Crippen molar-refractivity contribution >= 4 is 0 Å². The largest absolute Gasteiger partial charge is 0.380 e. The number of benzene rings is 1. The minimum absolute atomic E-state index is 0.675. The number of hydrogen-bond donors (Lipinski definition) is 0. The first-order chi connectivity index (χ1) is 8.69. The molecular formula is C16H21NO. The summed E-state index contributed by atoms with van der Waals surface area (Å²) in [6.45, 7) is 7.18. The van der Waals surface area contributed by atoms with E-state index in [-0.39, 0.29) is 0 Å². The Hall–Kier alpha value is -1.54. The van der Waals surface area contributed by atoms with Gasteiger partial charge in [0.05, 0.1) is 6.61 Å². The monoisotopic (exact) mass is 243 g/mol. The van der Waals surface area contributed by atoms with Crippen LogP contribution < -0.4 is 0 Å². The molecule has 0 amide bonds. The predicted octanol–water partition coefficient (Wildman–Crippen LogP) is 3.80. The second-order valence-corrected chi connectivity index (χ2v) is 4.66. The summed E-state index contributed by atoms with van der Waals surface area (Å²) >= 11 is 0. The Morgan fingerprint density at radius 2 is 1.94 bits per heavy atom. The Kier molecular flexibility index (Phi) is 3.87. The quantitative estimate of drug-likeness (QED) is 0.796. The molecule has 2 aromatic rings. The molecule has 0 aliphatic carbocycles. The van der Waals surface area contributed by atoms with E-state index in [1.54, 1.807) is 7.11 Å². The molecule has 1 heterocycles. The number of hydrogen-bond acceptors (Lipinski definition) is 1. The van der Waals surface area contributed by atoms with Crippen LogP contribution in [-0.4, -0.2) is 11.7 Å². The maximum absolute atomic E-state index is 5.31. The zero-order valence-electron chi connectivity index (χ0n) is 11.7. The molecule has 2 heteroatoms. The molecule has 1 aromatic carbocycles. The van der Waals surface area contributed by atoms with Crippen molar-refractivity contribution in [3.63, 3.8) is 0 Å². The maximum atomic E-state index is 5.31. The number of methoxy groups -OCH3 is 1. The molecule has 0 N–H and O–H groups in total. The topological polar surface area (TPSA) is 14.2 Å². The Morgan fingerprint density at radius 1 is 1.17 bits per heavy atom. The van der Waals surface area contributed by atoms with Crippen LogP contribution in [0.2, 0.25) is 0 Å². The van der Waals surface area contributed by atoms with E-state index >= 15 is 0 Å². The summed E-state index contributed by atoms with van der Waals surface area (Å²) in [4.78, 5) is 0. The Bertz CT molecular complexity index is 540. The van der Waals surface area contributed by atoms with Gasteiger partial charge in [0.1, 0.15) is 0 Å². The second kappa shape index (κ2) is 5.40. The molecule has 96 valence electrons. The van der Waals surface area contributed by atoms with Crippen molar-refractivity contribution in [3.8, 4) is 5.69 Å². The normalized spacial score (nSPS) is 10.9. The van der Waals surface area contributed by atoms with Crippen molar-refractivity contribution in [3.05, 3.63) is 52.8 Å². The molecule has 0 bridgehead atoms. The van der Waals surface area contributed by atoms with Crippen LogP contribution >= 0.6 is 0 Å². The van der Waals surface area contributed by atoms with Gasteiger partial charge in [0.25, 0.3) is 0 Å². The summed E-state index contributed by atoms with van der Waals surface area (Å²) in [6, 6.07) is 8.66. The number of rotatable bonds is 4. The van der Waals surface area contributed by atoms with Crippen molar-refractivity contribution in [1.29, 1.82) is 0 Å². The smallest absolute Gasteiger partial charge is 0.0718 e. The van der Waals surface area contributed by atoms with E-state index in [9.17, 15) is 0 Å².